The number of rotatable bonds is 6. The zero-order valence-corrected chi connectivity index (χ0v) is 22.8. The van der Waals surface area contributed by atoms with E-state index in [1.165, 1.54) is 26.0 Å². The Hall–Kier alpha value is -3.05. The summed E-state index contributed by atoms with van der Waals surface area (Å²) in [7, 11) is 0. The van der Waals surface area contributed by atoms with Crippen molar-refractivity contribution < 1.29 is 49.0 Å². The van der Waals surface area contributed by atoms with Crippen LogP contribution in [0.2, 0.25) is 0 Å². The number of carbonyl (C=O) groups is 3. The van der Waals surface area contributed by atoms with Gasteiger partial charge in [0.25, 0.3) is 0 Å². The van der Waals surface area contributed by atoms with Crippen molar-refractivity contribution in [3.8, 4) is 0 Å². The topological polar surface area (TPSA) is 160 Å². The standard InChI is InChI=1S/C29H36O10/c1-15-19(32)13-29(36)25(38-26(35)18-9-7-6-8-10-18)22(16(2)23(33)24(34)21(15)27(29,4)5)28(39-17(3)31)14-37-20(28)11-12-30/h6-10,19-20,22,25,30,32-33,36H,11-14H2,1-5H3/b23-16+/t19-,20-,22+,25-,28-,29+/m0/s1. The Kier molecular flexibility index (Phi) is 7.54. The summed E-state index contributed by atoms with van der Waals surface area (Å²) in [5.41, 5.74) is -4.61. The number of allylic oxidation sites excluding steroid dienone is 1. The summed E-state index contributed by atoms with van der Waals surface area (Å²) in [5, 5.41) is 44.6. The van der Waals surface area contributed by atoms with Gasteiger partial charge in [-0.25, -0.2) is 4.79 Å². The Morgan fingerprint density at radius 3 is 2.31 bits per heavy atom. The highest BCUT2D eigenvalue weighted by Gasteiger charge is 2.69. The first-order valence-electron chi connectivity index (χ1n) is 13.0. The number of aliphatic hydroxyl groups is 4. The first-order valence-corrected chi connectivity index (χ1v) is 13.0. The van der Waals surface area contributed by atoms with Crippen molar-refractivity contribution in [2.75, 3.05) is 13.2 Å². The third-order valence-electron chi connectivity index (χ3n) is 8.71. The molecule has 1 heterocycles. The molecule has 2 aliphatic carbocycles. The number of hydrogen-bond acceptors (Lipinski definition) is 10. The van der Waals surface area contributed by atoms with Crippen LogP contribution in [0.5, 0.6) is 0 Å². The van der Waals surface area contributed by atoms with Crippen molar-refractivity contribution >= 4 is 17.7 Å². The maximum absolute atomic E-state index is 13.7. The molecule has 2 bridgehead atoms. The Labute approximate surface area is 226 Å². The molecule has 10 heteroatoms. The average molecular weight is 545 g/mol. The van der Waals surface area contributed by atoms with Crippen LogP contribution in [0.4, 0.5) is 0 Å². The highest BCUT2D eigenvalue weighted by molar-refractivity contribution is 6.09. The number of aliphatic hydroxyl groups excluding tert-OH is 3. The van der Waals surface area contributed by atoms with Gasteiger partial charge < -0.3 is 34.6 Å². The predicted molar refractivity (Wildman–Crippen MR) is 137 cm³/mol. The molecule has 10 nitrogen and oxygen atoms in total. The van der Waals surface area contributed by atoms with E-state index in [1.807, 2.05) is 0 Å². The predicted octanol–water partition coefficient (Wildman–Crippen LogP) is 2.16. The molecule has 0 radical (unpaired) electrons. The van der Waals surface area contributed by atoms with Gasteiger partial charge in [0.05, 0.1) is 24.2 Å². The van der Waals surface area contributed by atoms with Crippen LogP contribution in [0.25, 0.3) is 0 Å². The van der Waals surface area contributed by atoms with Crippen molar-refractivity contribution in [2.45, 2.75) is 77.0 Å². The molecule has 0 spiro atoms. The quantitative estimate of drug-likeness (QED) is 0.391. The largest absolute Gasteiger partial charge is 0.504 e. The average Bonchev–Trinajstić information content (AvgIpc) is 2.87. The minimum atomic E-state index is -2.07. The minimum Gasteiger partial charge on any atom is -0.504 e. The molecule has 39 heavy (non-hydrogen) atoms. The molecule has 1 fully saturated rings. The number of Topliss-reactive ketones (excluding diaryl/α,β-unsaturated/α-hetero) is 1. The fourth-order valence-corrected chi connectivity index (χ4v) is 6.53. The summed E-state index contributed by atoms with van der Waals surface area (Å²) in [6.07, 6.45) is -4.00. The summed E-state index contributed by atoms with van der Waals surface area (Å²) >= 11 is 0. The summed E-state index contributed by atoms with van der Waals surface area (Å²) in [5.74, 6) is -4.24. The van der Waals surface area contributed by atoms with E-state index >= 15 is 0 Å². The van der Waals surface area contributed by atoms with Gasteiger partial charge >= 0.3 is 11.9 Å². The molecular formula is C29H36O10. The molecule has 1 aromatic rings. The number of ketones is 1. The van der Waals surface area contributed by atoms with E-state index < -0.39 is 64.3 Å². The van der Waals surface area contributed by atoms with Crippen molar-refractivity contribution in [2.24, 2.45) is 11.3 Å². The first kappa shape index (κ1) is 28.9. The summed E-state index contributed by atoms with van der Waals surface area (Å²) in [4.78, 5) is 39.6. The number of esters is 2. The smallest absolute Gasteiger partial charge is 0.338 e. The van der Waals surface area contributed by atoms with Gasteiger partial charge in [-0.2, -0.15) is 0 Å². The Bertz CT molecular complexity index is 1230. The second-order valence-electron chi connectivity index (χ2n) is 11.2. The lowest BCUT2D eigenvalue weighted by molar-refractivity contribution is -0.295. The zero-order chi connectivity index (χ0) is 28.9. The van der Waals surface area contributed by atoms with E-state index in [9.17, 15) is 34.8 Å². The molecule has 1 aliphatic heterocycles. The van der Waals surface area contributed by atoms with Gasteiger partial charge in [-0.05, 0) is 37.1 Å². The molecule has 0 unspecified atom stereocenters. The SMILES string of the molecule is CC(=O)O[C@@]1([C@@H]2/C(C)=C(/O)C(=O)C3=C(C)[C@@H](O)C[C@@](O)([C@H]2OC(=O)c2ccccc2)C3(C)C)CO[C@H]1CCO. The maximum Gasteiger partial charge on any atom is 0.338 e. The number of benzene rings is 1. The van der Waals surface area contributed by atoms with Crippen LogP contribution < -0.4 is 0 Å². The molecule has 1 aromatic carbocycles. The lowest BCUT2D eigenvalue weighted by Crippen LogP contribution is -2.73. The fourth-order valence-electron chi connectivity index (χ4n) is 6.53. The molecule has 4 N–H and O–H groups in total. The van der Waals surface area contributed by atoms with Gasteiger partial charge in [0, 0.05) is 37.4 Å². The normalized spacial score (nSPS) is 35.9. The summed E-state index contributed by atoms with van der Waals surface area (Å²) in [6.45, 7) is 6.83. The maximum atomic E-state index is 13.7. The van der Waals surface area contributed by atoms with E-state index in [1.54, 1.807) is 39.0 Å². The van der Waals surface area contributed by atoms with Crippen LogP contribution in [0.3, 0.4) is 0 Å². The van der Waals surface area contributed by atoms with Gasteiger partial charge in [-0.1, -0.05) is 32.0 Å². The van der Waals surface area contributed by atoms with Crippen LogP contribution in [0, 0.1) is 11.3 Å². The zero-order valence-electron chi connectivity index (χ0n) is 22.8. The fraction of sp³-hybridized carbons (Fsp3) is 0.552. The number of carbonyl (C=O) groups excluding carboxylic acids is 3. The molecular weight excluding hydrogens is 508 g/mol. The molecule has 3 aliphatic rings. The lowest BCUT2D eigenvalue weighted by atomic mass is 9.53. The Morgan fingerprint density at radius 1 is 1.13 bits per heavy atom. The van der Waals surface area contributed by atoms with Crippen LogP contribution >= 0.6 is 0 Å². The lowest BCUT2D eigenvalue weighted by Gasteiger charge is -2.60. The van der Waals surface area contributed by atoms with Crippen molar-refractivity contribution in [1.29, 1.82) is 0 Å². The molecule has 212 valence electrons. The summed E-state index contributed by atoms with van der Waals surface area (Å²) in [6, 6.07) is 8.08. The van der Waals surface area contributed by atoms with Gasteiger partial charge in [0.1, 0.15) is 17.8 Å². The van der Waals surface area contributed by atoms with Gasteiger partial charge in [-0.3, -0.25) is 9.59 Å². The van der Waals surface area contributed by atoms with E-state index in [2.05, 4.69) is 0 Å². The molecule has 4 rings (SSSR count). The molecule has 0 amide bonds. The second-order valence-corrected chi connectivity index (χ2v) is 11.2. The van der Waals surface area contributed by atoms with E-state index in [-0.39, 0.29) is 42.8 Å². The van der Waals surface area contributed by atoms with Crippen LogP contribution in [-0.2, 0) is 23.8 Å². The van der Waals surface area contributed by atoms with Crippen molar-refractivity contribution in [1.82, 2.24) is 0 Å². The first-order chi connectivity index (χ1) is 18.2. The van der Waals surface area contributed by atoms with Crippen molar-refractivity contribution in [3.05, 3.63) is 58.4 Å². The van der Waals surface area contributed by atoms with Crippen molar-refractivity contribution in [3.63, 3.8) is 0 Å². The monoisotopic (exact) mass is 544 g/mol. The molecule has 0 aromatic heterocycles. The third-order valence-corrected chi connectivity index (χ3v) is 8.71. The van der Waals surface area contributed by atoms with E-state index in [0.717, 1.165) is 0 Å². The Morgan fingerprint density at radius 2 is 1.77 bits per heavy atom. The van der Waals surface area contributed by atoms with Gasteiger partial charge in [0.15, 0.2) is 11.4 Å². The number of ether oxygens (including phenoxy) is 3. The van der Waals surface area contributed by atoms with Gasteiger partial charge in [0.2, 0.25) is 5.78 Å². The minimum absolute atomic E-state index is 0.0121. The highest BCUT2D eigenvalue weighted by Crippen LogP contribution is 2.57. The van der Waals surface area contributed by atoms with E-state index in [0.29, 0.717) is 5.57 Å². The third kappa shape index (κ3) is 4.39. The molecule has 0 saturated carbocycles. The van der Waals surface area contributed by atoms with Crippen LogP contribution in [-0.4, -0.2) is 80.9 Å². The number of hydrogen-bond donors (Lipinski definition) is 4. The summed E-state index contributed by atoms with van der Waals surface area (Å²) < 4.78 is 17.6. The van der Waals surface area contributed by atoms with Crippen LogP contribution in [0.1, 0.15) is 57.8 Å². The highest BCUT2D eigenvalue weighted by atomic mass is 16.6. The van der Waals surface area contributed by atoms with Crippen LogP contribution in [0.15, 0.2) is 52.8 Å². The second kappa shape index (κ2) is 10.2. The van der Waals surface area contributed by atoms with Gasteiger partial charge in [-0.15, -0.1) is 0 Å². The molecule has 1 saturated heterocycles. The number of fused-ring (bicyclic) bond motifs is 2. The Balaban J connectivity index is 2.04. The van der Waals surface area contributed by atoms with E-state index in [4.69, 9.17) is 14.2 Å². The molecule has 6 atom stereocenters.